The van der Waals surface area contributed by atoms with Gasteiger partial charge in [0.1, 0.15) is 17.1 Å². The molecule has 68 valence electrons. The fraction of sp³-hybridized carbons (Fsp3) is 0.333. The fourth-order valence-corrected chi connectivity index (χ4v) is 1.28. The molecule has 7 nitrogen and oxygen atoms in total. The Morgan fingerprint density at radius 3 is 2.92 bits per heavy atom. The molecule has 0 spiro atoms. The van der Waals surface area contributed by atoms with Gasteiger partial charge in [-0.15, -0.1) is 0 Å². The monoisotopic (exact) mass is 181 g/mol. The second kappa shape index (κ2) is 2.85. The predicted octanol–water partition coefficient (Wildman–Crippen LogP) is -0.491. The van der Waals surface area contributed by atoms with Gasteiger partial charge in [0.25, 0.3) is 0 Å². The number of aromatic nitrogens is 2. The van der Waals surface area contributed by atoms with Crippen LogP contribution in [0.3, 0.4) is 0 Å². The van der Waals surface area contributed by atoms with Crippen LogP contribution in [0.15, 0.2) is 14.9 Å². The summed E-state index contributed by atoms with van der Waals surface area (Å²) in [5.74, 6) is 5.13. The van der Waals surface area contributed by atoms with Gasteiger partial charge in [0.05, 0.1) is 0 Å². The Morgan fingerprint density at radius 1 is 1.38 bits per heavy atom. The zero-order valence-electron chi connectivity index (χ0n) is 6.64. The van der Waals surface area contributed by atoms with E-state index in [0.717, 1.165) is 0 Å². The summed E-state index contributed by atoms with van der Waals surface area (Å²) in [5, 5.41) is 22.5. The average Bonchev–Trinajstić information content (AvgIpc) is 2.63. The molecule has 2 rings (SSSR count). The number of hydrazone groups is 1. The minimum Gasteiger partial charge on any atom is -0.411 e. The molecule has 0 radical (unpaired) electrons. The third-order valence-corrected chi connectivity index (χ3v) is 1.90. The number of hydrogen-bond acceptors (Lipinski definition) is 7. The van der Waals surface area contributed by atoms with E-state index in [1.807, 2.05) is 0 Å². The summed E-state index contributed by atoms with van der Waals surface area (Å²) >= 11 is 0. The van der Waals surface area contributed by atoms with Crippen LogP contribution in [-0.4, -0.2) is 26.9 Å². The zero-order chi connectivity index (χ0) is 9.26. The highest BCUT2D eigenvalue weighted by Gasteiger charge is 2.26. The molecule has 0 bridgehead atoms. The van der Waals surface area contributed by atoms with E-state index < -0.39 is 0 Å². The first-order valence-corrected chi connectivity index (χ1v) is 3.67. The Morgan fingerprint density at radius 2 is 2.23 bits per heavy atom. The van der Waals surface area contributed by atoms with Crippen LogP contribution < -0.4 is 5.84 Å². The lowest BCUT2D eigenvalue weighted by atomic mass is 9.97. The molecule has 0 saturated heterocycles. The maximum atomic E-state index is 8.63. The molecular formula is C6H7N5O2. The highest BCUT2D eigenvalue weighted by Crippen LogP contribution is 2.15. The van der Waals surface area contributed by atoms with Gasteiger partial charge in [-0.25, -0.2) is 4.63 Å². The Kier molecular flexibility index (Phi) is 1.69. The standard InChI is InChI=1S/C6H7N5O2/c7-8-5-3(9-12)1-2-4-6(5)11-13-10-4/h12H,1-2,7H2/b8-5+,9-3+. The molecule has 1 aromatic heterocycles. The third-order valence-electron chi connectivity index (χ3n) is 1.90. The minimum absolute atomic E-state index is 0.338. The number of oxime groups is 1. The molecule has 0 aliphatic heterocycles. The summed E-state index contributed by atoms with van der Waals surface area (Å²) in [7, 11) is 0. The lowest BCUT2D eigenvalue weighted by Crippen LogP contribution is -2.25. The SMILES string of the molecule is N/N=C1\C(=N\O)CCc2nonc21. The molecular weight excluding hydrogens is 174 g/mol. The summed E-state index contributed by atoms with van der Waals surface area (Å²) in [4.78, 5) is 0. The molecule has 0 aromatic carbocycles. The van der Waals surface area contributed by atoms with E-state index in [1.54, 1.807) is 0 Å². The van der Waals surface area contributed by atoms with Crippen molar-refractivity contribution >= 4 is 11.4 Å². The van der Waals surface area contributed by atoms with Crippen LogP contribution in [0.2, 0.25) is 0 Å². The molecule has 13 heavy (non-hydrogen) atoms. The highest BCUT2D eigenvalue weighted by atomic mass is 16.6. The molecule has 1 heterocycles. The van der Waals surface area contributed by atoms with Gasteiger partial charge in [0.15, 0.2) is 5.69 Å². The first kappa shape index (κ1) is 7.71. The molecule has 3 N–H and O–H groups in total. The van der Waals surface area contributed by atoms with Crippen molar-refractivity contribution in [2.75, 3.05) is 0 Å². The van der Waals surface area contributed by atoms with Crippen LogP contribution in [0.1, 0.15) is 17.8 Å². The van der Waals surface area contributed by atoms with Crippen molar-refractivity contribution in [2.24, 2.45) is 16.1 Å². The highest BCUT2D eigenvalue weighted by molar-refractivity contribution is 6.48. The van der Waals surface area contributed by atoms with E-state index in [4.69, 9.17) is 11.0 Å². The van der Waals surface area contributed by atoms with E-state index >= 15 is 0 Å². The van der Waals surface area contributed by atoms with Crippen molar-refractivity contribution in [2.45, 2.75) is 12.8 Å². The Bertz CT molecular complexity index is 380. The number of rotatable bonds is 0. The van der Waals surface area contributed by atoms with Crippen molar-refractivity contribution < 1.29 is 9.84 Å². The smallest absolute Gasteiger partial charge is 0.160 e. The van der Waals surface area contributed by atoms with Crippen molar-refractivity contribution in [1.29, 1.82) is 0 Å². The normalized spacial score (nSPS) is 22.2. The molecule has 0 atom stereocenters. The van der Waals surface area contributed by atoms with E-state index in [-0.39, 0.29) is 0 Å². The van der Waals surface area contributed by atoms with Gasteiger partial charge in [0.2, 0.25) is 0 Å². The summed E-state index contributed by atoms with van der Waals surface area (Å²) in [6.45, 7) is 0. The maximum absolute atomic E-state index is 8.63. The lowest BCUT2D eigenvalue weighted by molar-refractivity contribution is 0.303. The van der Waals surface area contributed by atoms with E-state index in [9.17, 15) is 0 Å². The Balaban J connectivity index is 2.53. The Hall–Kier alpha value is -1.92. The fourth-order valence-electron chi connectivity index (χ4n) is 1.28. The van der Waals surface area contributed by atoms with Crippen LogP contribution in [0.25, 0.3) is 0 Å². The minimum atomic E-state index is 0.338. The van der Waals surface area contributed by atoms with Crippen LogP contribution in [0.5, 0.6) is 0 Å². The summed E-state index contributed by atoms with van der Waals surface area (Å²) in [5.41, 5.74) is 1.90. The second-order valence-electron chi connectivity index (χ2n) is 2.58. The first-order chi connectivity index (χ1) is 6.36. The molecule has 7 heteroatoms. The molecule has 0 unspecified atom stereocenters. The van der Waals surface area contributed by atoms with E-state index in [2.05, 4.69) is 25.2 Å². The van der Waals surface area contributed by atoms with Crippen molar-refractivity contribution in [3.63, 3.8) is 0 Å². The molecule has 1 aliphatic carbocycles. The molecule has 0 fully saturated rings. The molecule has 1 aromatic rings. The van der Waals surface area contributed by atoms with Crippen molar-refractivity contribution in [3.8, 4) is 0 Å². The number of aryl methyl sites for hydroxylation is 1. The van der Waals surface area contributed by atoms with Crippen LogP contribution in [-0.2, 0) is 6.42 Å². The van der Waals surface area contributed by atoms with Crippen molar-refractivity contribution in [1.82, 2.24) is 10.3 Å². The number of nitrogens with zero attached hydrogens (tertiary/aromatic N) is 4. The largest absolute Gasteiger partial charge is 0.411 e. The number of hydrogen-bond donors (Lipinski definition) is 2. The van der Waals surface area contributed by atoms with E-state index in [1.165, 1.54) is 0 Å². The quantitative estimate of drug-likeness (QED) is 0.318. The second-order valence-corrected chi connectivity index (χ2v) is 2.58. The van der Waals surface area contributed by atoms with Crippen LogP contribution >= 0.6 is 0 Å². The molecule has 0 amide bonds. The van der Waals surface area contributed by atoms with Crippen LogP contribution in [0.4, 0.5) is 0 Å². The number of nitrogens with two attached hydrogens (primary N) is 1. The van der Waals surface area contributed by atoms with Gasteiger partial charge in [-0.05, 0) is 5.16 Å². The summed E-state index contributed by atoms with van der Waals surface area (Å²) in [6.07, 6.45) is 1.16. The summed E-state index contributed by atoms with van der Waals surface area (Å²) in [6, 6.07) is 0. The van der Waals surface area contributed by atoms with Crippen LogP contribution in [0, 0.1) is 0 Å². The van der Waals surface area contributed by atoms with Crippen molar-refractivity contribution in [3.05, 3.63) is 11.4 Å². The molecule has 1 aliphatic rings. The van der Waals surface area contributed by atoms with E-state index in [0.29, 0.717) is 35.7 Å². The third kappa shape index (κ3) is 1.05. The predicted molar refractivity (Wildman–Crippen MR) is 42.6 cm³/mol. The topological polar surface area (TPSA) is 110 Å². The van der Waals surface area contributed by atoms with Gasteiger partial charge in [-0.1, -0.05) is 10.3 Å². The Labute approximate surface area is 72.9 Å². The van der Waals surface area contributed by atoms with Gasteiger partial charge >= 0.3 is 0 Å². The van der Waals surface area contributed by atoms with Gasteiger partial charge < -0.3 is 11.0 Å². The molecule has 0 saturated carbocycles. The van der Waals surface area contributed by atoms with Gasteiger partial charge in [0, 0.05) is 12.8 Å². The zero-order valence-corrected chi connectivity index (χ0v) is 6.64. The first-order valence-electron chi connectivity index (χ1n) is 3.67. The van der Waals surface area contributed by atoms with Gasteiger partial charge in [-0.2, -0.15) is 5.10 Å². The number of fused-ring (bicyclic) bond motifs is 1. The lowest BCUT2D eigenvalue weighted by Gasteiger charge is -2.09. The summed E-state index contributed by atoms with van der Waals surface area (Å²) < 4.78 is 4.52. The maximum Gasteiger partial charge on any atom is 0.160 e. The average molecular weight is 181 g/mol. The van der Waals surface area contributed by atoms with Gasteiger partial charge in [-0.3, -0.25) is 0 Å².